The fraction of sp³-hybridized carbons (Fsp3) is 0.283. The van der Waals surface area contributed by atoms with Gasteiger partial charge in [-0.3, -0.25) is 24.2 Å². The molecule has 13 nitrogen and oxygen atoms in total. The Morgan fingerprint density at radius 1 is 0.864 bits per heavy atom. The standard InChI is InChI=1S/C53H52N4O9/c1-4-27-54-49(59)44-46-50(60)66-47(39-21-12-7-13-22-39)45(38-19-10-6-11-20-38)57(46)48(40-23-14-24-41(34-40)64-30-29-58)53(44)42-33-36(18-15-28-55(2)35-37-16-8-5-9-17-37)25-26-43(42)56(51(53)61)52(62)65-32-31-63-3/h4-14,16-17,19-26,33-34,44-48,58H,1,27-32,35H2,2-3H3,(H,54,59)/t44-,45-,46-,47+,48+,53-/m0/s1. The van der Waals surface area contributed by atoms with Gasteiger partial charge in [0.15, 0.2) is 0 Å². The highest BCUT2D eigenvalue weighted by atomic mass is 16.6. The van der Waals surface area contributed by atoms with E-state index in [1.54, 1.807) is 36.4 Å². The van der Waals surface area contributed by atoms with Crippen LogP contribution in [0, 0.1) is 17.8 Å². The van der Waals surface area contributed by atoms with Crippen LogP contribution in [0.5, 0.6) is 5.75 Å². The monoisotopic (exact) mass is 888 g/mol. The third kappa shape index (κ3) is 8.71. The van der Waals surface area contributed by atoms with Crippen molar-refractivity contribution in [2.75, 3.05) is 58.6 Å². The number of fused-ring (bicyclic) bond motifs is 3. The Morgan fingerprint density at radius 2 is 1.56 bits per heavy atom. The number of amides is 3. The van der Waals surface area contributed by atoms with Gasteiger partial charge in [-0.25, -0.2) is 9.69 Å². The molecule has 2 fully saturated rings. The molecule has 3 aliphatic rings. The van der Waals surface area contributed by atoms with Gasteiger partial charge < -0.3 is 29.4 Å². The lowest BCUT2D eigenvalue weighted by Gasteiger charge is -2.46. The number of nitrogens with zero attached hydrogens (tertiary/aromatic N) is 3. The molecule has 0 aromatic heterocycles. The number of carbonyl (C=O) groups excluding carboxylic acids is 4. The van der Waals surface area contributed by atoms with E-state index in [-0.39, 0.29) is 38.7 Å². The third-order valence-corrected chi connectivity index (χ3v) is 12.3. The van der Waals surface area contributed by atoms with E-state index in [4.69, 9.17) is 18.9 Å². The summed E-state index contributed by atoms with van der Waals surface area (Å²) in [6.45, 7) is 4.55. The predicted octanol–water partition coefficient (Wildman–Crippen LogP) is 6.29. The van der Waals surface area contributed by atoms with Gasteiger partial charge in [-0.15, -0.1) is 6.58 Å². The second kappa shape index (κ2) is 20.4. The van der Waals surface area contributed by atoms with Gasteiger partial charge in [-0.2, -0.15) is 0 Å². The van der Waals surface area contributed by atoms with Crippen molar-refractivity contribution in [1.29, 1.82) is 0 Å². The molecule has 8 rings (SSSR count). The molecule has 0 unspecified atom stereocenters. The van der Waals surface area contributed by atoms with Gasteiger partial charge >= 0.3 is 12.1 Å². The van der Waals surface area contributed by atoms with Crippen LogP contribution in [0.15, 0.2) is 146 Å². The topological polar surface area (TPSA) is 147 Å². The molecule has 3 aliphatic heterocycles. The number of cyclic esters (lactones) is 1. The van der Waals surface area contributed by atoms with Crippen LogP contribution in [0.2, 0.25) is 0 Å². The summed E-state index contributed by atoms with van der Waals surface area (Å²) in [5, 5.41) is 12.7. The number of morpholine rings is 1. The van der Waals surface area contributed by atoms with E-state index >= 15 is 14.4 Å². The van der Waals surface area contributed by atoms with Gasteiger partial charge in [0.25, 0.3) is 0 Å². The fourth-order valence-corrected chi connectivity index (χ4v) is 9.69. The van der Waals surface area contributed by atoms with Crippen LogP contribution in [0.4, 0.5) is 10.5 Å². The molecule has 0 aliphatic carbocycles. The van der Waals surface area contributed by atoms with Crippen LogP contribution in [0.1, 0.15) is 51.6 Å². The van der Waals surface area contributed by atoms with E-state index in [9.17, 15) is 9.90 Å². The van der Waals surface area contributed by atoms with E-state index < -0.39 is 59.4 Å². The summed E-state index contributed by atoms with van der Waals surface area (Å²) in [5.41, 5.74) is 2.07. The van der Waals surface area contributed by atoms with Crippen LogP contribution in [-0.2, 0) is 40.6 Å². The predicted molar refractivity (Wildman–Crippen MR) is 247 cm³/mol. The molecule has 0 radical (unpaired) electrons. The maximum Gasteiger partial charge on any atom is 0.421 e. The van der Waals surface area contributed by atoms with Gasteiger partial charge in [-0.1, -0.05) is 121 Å². The summed E-state index contributed by atoms with van der Waals surface area (Å²) >= 11 is 0. The molecule has 6 atom stereocenters. The molecule has 2 N–H and O–H groups in total. The number of anilines is 1. The van der Waals surface area contributed by atoms with Crippen molar-refractivity contribution in [1.82, 2.24) is 15.1 Å². The van der Waals surface area contributed by atoms with Crippen LogP contribution in [0.25, 0.3) is 0 Å². The van der Waals surface area contributed by atoms with E-state index in [2.05, 4.69) is 40.8 Å². The number of imide groups is 1. The number of hydrogen-bond acceptors (Lipinski definition) is 11. The Labute approximate surface area is 384 Å². The number of esters is 1. The van der Waals surface area contributed by atoms with Crippen LogP contribution < -0.4 is 15.0 Å². The number of aliphatic hydroxyl groups is 1. The highest BCUT2D eigenvalue weighted by molar-refractivity contribution is 6.23. The minimum absolute atomic E-state index is 0.0152. The summed E-state index contributed by atoms with van der Waals surface area (Å²) in [7, 11) is 3.44. The summed E-state index contributed by atoms with van der Waals surface area (Å²) in [6, 6.07) is 37.8. The highest BCUT2D eigenvalue weighted by Crippen LogP contribution is 2.66. The minimum atomic E-state index is -2.01. The zero-order valence-corrected chi connectivity index (χ0v) is 36.9. The van der Waals surface area contributed by atoms with Crippen LogP contribution >= 0.6 is 0 Å². The molecule has 0 saturated carbocycles. The highest BCUT2D eigenvalue weighted by Gasteiger charge is 2.75. The zero-order valence-electron chi connectivity index (χ0n) is 36.9. The van der Waals surface area contributed by atoms with Crippen molar-refractivity contribution in [2.45, 2.75) is 36.2 Å². The van der Waals surface area contributed by atoms with Crippen LogP contribution in [-0.4, -0.2) is 98.5 Å². The molecule has 5 aromatic carbocycles. The van der Waals surface area contributed by atoms with Crippen molar-refractivity contribution >= 4 is 29.6 Å². The van der Waals surface area contributed by atoms with Gasteiger partial charge in [-0.05, 0) is 65.2 Å². The lowest BCUT2D eigenvalue weighted by molar-refractivity contribution is -0.178. The number of aliphatic hydroxyl groups excluding tert-OH is 1. The number of carbonyl (C=O) groups is 4. The molecule has 13 heteroatoms. The normalized spacial score (nSPS) is 21.9. The van der Waals surface area contributed by atoms with Gasteiger partial charge in [0, 0.05) is 25.8 Å². The number of hydrogen-bond donors (Lipinski definition) is 2. The van der Waals surface area contributed by atoms with E-state index in [1.165, 1.54) is 13.2 Å². The molecule has 3 heterocycles. The zero-order chi connectivity index (χ0) is 46.2. The summed E-state index contributed by atoms with van der Waals surface area (Å²) in [4.78, 5) is 66.1. The van der Waals surface area contributed by atoms with Crippen molar-refractivity contribution in [3.05, 3.63) is 179 Å². The van der Waals surface area contributed by atoms with Gasteiger partial charge in [0.05, 0.1) is 43.4 Å². The van der Waals surface area contributed by atoms with Gasteiger partial charge in [0.2, 0.25) is 11.8 Å². The first-order valence-electron chi connectivity index (χ1n) is 21.9. The summed E-state index contributed by atoms with van der Waals surface area (Å²) < 4.78 is 23.3. The number of ether oxygens (including phenoxy) is 4. The molecule has 5 aromatic rings. The Morgan fingerprint density at radius 3 is 2.26 bits per heavy atom. The summed E-state index contributed by atoms with van der Waals surface area (Å²) in [6.07, 6.45) is -0.368. The largest absolute Gasteiger partial charge is 0.491 e. The van der Waals surface area contributed by atoms with Crippen LogP contribution in [0.3, 0.4) is 0 Å². The minimum Gasteiger partial charge on any atom is -0.491 e. The molecular weight excluding hydrogens is 837 g/mol. The molecular formula is C53H52N4O9. The molecule has 338 valence electrons. The Hall–Kier alpha value is -7.08. The molecule has 0 bridgehead atoms. The van der Waals surface area contributed by atoms with E-state index in [0.29, 0.717) is 41.1 Å². The third-order valence-electron chi connectivity index (χ3n) is 12.3. The van der Waals surface area contributed by atoms with Crippen molar-refractivity contribution in [3.8, 4) is 17.6 Å². The molecule has 66 heavy (non-hydrogen) atoms. The van der Waals surface area contributed by atoms with Crippen molar-refractivity contribution < 1.29 is 43.2 Å². The van der Waals surface area contributed by atoms with E-state index in [0.717, 1.165) is 16.0 Å². The lowest BCUT2D eigenvalue weighted by Crippen LogP contribution is -2.55. The summed E-state index contributed by atoms with van der Waals surface area (Å²) in [5.74, 6) is 3.31. The molecule has 2 saturated heterocycles. The SMILES string of the molecule is C=CCNC(=O)[C@@H]1[C@H]2C(=O)O[C@H](c3ccccc3)[C@H](c3ccccc3)N2[C@H](c2cccc(OCCO)c2)[C@@]12C(=O)N(C(=O)OCCOC)c1ccc(C#CCN(C)Cc3ccccc3)cc12. The number of benzene rings is 5. The smallest absolute Gasteiger partial charge is 0.421 e. The Kier molecular flexibility index (Phi) is 14.1. The number of nitrogens with one attached hydrogen (secondary N) is 1. The Balaban J connectivity index is 1.40. The first-order chi connectivity index (χ1) is 32.2. The van der Waals surface area contributed by atoms with E-state index in [1.807, 2.05) is 96.9 Å². The molecule has 3 amide bonds. The average molecular weight is 889 g/mol. The Bertz CT molecular complexity index is 2620. The average Bonchev–Trinajstić information content (AvgIpc) is 3.80. The number of rotatable bonds is 15. The first-order valence-corrected chi connectivity index (χ1v) is 21.9. The van der Waals surface area contributed by atoms with Crippen molar-refractivity contribution in [3.63, 3.8) is 0 Å². The number of methoxy groups -OCH3 is 1. The quantitative estimate of drug-likeness (QED) is 0.0529. The molecule has 1 spiro atoms. The second-order valence-corrected chi connectivity index (χ2v) is 16.4. The lowest BCUT2D eigenvalue weighted by atomic mass is 9.65. The first kappa shape index (κ1) is 45.5. The maximum atomic E-state index is 16.2. The fourth-order valence-electron chi connectivity index (χ4n) is 9.69. The second-order valence-electron chi connectivity index (χ2n) is 16.4. The van der Waals surface area contributed by atoms with Gasteiger partial charge in [0.1, 0.15) is 36.5 Å². The maximum absolute atomic E-state index is 16.2. The van der Waals surface area contributed by atoms with Crippen molar-refractivity contribution in [2.24, 2.45) is 5.92 Å².